The molecule has 10 heteroatoms. The van der Waals surface area contributed by atoms with Gasteiger partial charge in [-0.1, -0.05) is 24.3 Å². The predicted molar refractivity (Wildman–Crippen MR) is 136 cm³/mol. The summed E-state index contributed by atoms with van der Waals surface area (Å²) in [6.45, 7) is -0.183. The Kier molecular flexibility index (Phi) is 8.08. The zero-order valence-electron chi connectivity index (χ0n) is 20.2. The van der Waals surface area contributed by atoms with Crippen LogP contribution in [-0.2, 0) is 17.9 Å². The van der Waals surface area contributed by atoms with Crippen molar-refractivity contribution in [3.63, 3.8) is 0 Å². The third kappa shape index (κ3) is 6.90. The summed E-state index contributed by atoms with van der Waals surface area (Å²) in [6.07, 6.45) is 0.552. The largest absolute Gasteiger partial charge is 0.508 e. The number of hydrogen-bond acceptors (Lipinski definition) is 8. The Morgan fingerprint density at radius 1 is 0.615 bits per heavy atom. The van der Waals surface area contributed by atoms with E-state index in [4.69, 9.17) is 14.5 Å². The number of aromatic hydroxyl groups is 2. The van der Waals surface area contributed by atoms with Gasteiger partial charge in [0.2, 0.25) is 0 Å². The molecular weight excluding hydrogens is 508 g/mol. The zero-order chi connectivity index (χ0) is 27.9. The molecule has 0 atom stereocenters. The van der Waals surface area contributed by atoms with Gasteiger partial charge < -0.3 is 30.1 Å². The number of aromatic carboxylic acids is 2. The van der Waals surface area contributed by atoms with Crippen molar-refractivity contribution < 1.29 is 49.3 Å². The van der Waals surface area contributed by atoms with Gasteiger partial charge in [0.15, 0.2) is 5.75 Å². The Morgan fingerprint density at radius 2 is 1.15 bits per heavy atom. The summed E-state index contributed by atoms with van der Waals surface area (Å²) in [7, 11) is 0. The molecule has 198 valence electrons. The van der Waals surface area contributed by atoms with E-state index in [-0.39, 0.29) is 46.1 Å². The van der Waals surface area contributed by atoms with E-state index in [1.807, 2.05) is 12.1 Å². The van der Waals surface area contributed by atoms with E-state index in [2.05, 4.69) is 0 Å². The van der Waals surface area contributed by atoms with E-state index in [9.17, 15) is 34.8 Å². The normalized spacial score (nSPS) is 10.6. The third-order valence-electron chi connectivity index (χ3n) is 5.61. The van der Waals surface area contributed by atoms with Gasteiger partial charge in [-0.2, -0.15) is 4.89 Å². The number of hydrogen-bond donors (Lipinski definition) is 4. The summed E-state index contributed by atoms with van der Waals surface area (Å²) >= 11 is 0. The molecule has 0 unspecified atom stereocenters. The van der Waals surface area contributed by atoms with Crippen LogP contribution in [0.2, 0.25) is 0 Å². The molecule has 0 radical (unpaired) electrons. The average Bonchev–Trinajstić information content (AvgIpc) is 2.90. The van der Waals surface area contributed by atoms with Crippen molar-refractivity contribution in [3.8, 4) is 23.0 Å². The summed E-state index contributed by atoms with van der Waals surface area (Å²) in [5.41, 5.74) is 1.57. The minimum atomic E-state index is -1.32. The fourth-order valence-electron chi connectivity index (χ4n) is 3.69. The second kappa shape index (κ2) is 11.8. The molecule has 4 N–H and O–H groups in total. The molecule has 0 aliphatic heterocycles. The van der Waals surface area contributed by atoms with E-state index < -0.39 is 17.9 Å². The maximum absolute atomic E-state index is 12.5. The van der Waals surface area contributed by atoms with Crippen LogP contribution < -0.4 is 9.62 Å². The van der Waals surface area contributed by atoms with E-state index in [1.165, 1.54) is 24.3 Å². The van der Waals surface area contributed by atoms with E-state index in [0.717, 1.165) is 23.3 Å². The standard InChI is InChI=1S/C29H22O10/c30-20-5-11-24(27(32)33)19(14-20)16-37-39-23-9-3-18(4-10-23)13-17-1-7-22(8-2-17)38-29(36)26-15-21(31)6-12-25(26)28(34)35/h1-12,14-15,30-31H,13,16H2,(H,32,33)(H,34,35). The number of benzene rings is 4. The molecule has 10 nitrogen and oxygen atoms in total. The van der Waals surface area contributed by atoms with Crippen molar-refractivity contribution in [1.82, 2.24) is 0 Å². The molecule has 0 fully saturated rings. The Balaban J connectivity index is 1.32. The lowest BCUT2D eigenvalue weighted by Crippen LogP contribution is -2.14. The summed E-state index contributed by atoms with van der Waals surface area (Å²) < 4.78 is 5.27. The number of esters is 1. The molecule has 4 aromatic carbocycles. The van der Waals surface area contributed by atoms with E-state index in [1.54, 1.807) is 36.4 Å². The monoisotopic (exact) mass is 530 g/mol. The second-order valence-corrected chi connectivity index (χ2v) is 8.38. The van der Waals surface area contributed by atoms with Crippen LogP contribution in [0.15, 0.2) is 84.9 Å². The number of phenolic OH excluding ortho intramolecular Hbond substituents is 2. The highest BCUT2D eigenvalue weighted by Gasteiger charge is 2.19. The summed E-state index contributed by atoms with van der Waals surface area (Å²) in [4.78, 5) is 45.5. The molecule has 0 saturated carbocycles. The summed E-state index contributed by atoms with van der Waals surface area (Å²) in [5, 5.41) is 37.7. The number of rotatable bonds is 10. The Morgan fingerprint density at radius 3 is 1.74 bits per heavy atom. The quantitative estimate of drug-likeness (QED) is 0.0969. The number of ether oxygens (including phenoxy) is 1. The first-order valence-corrected chi connectivity index (χ1v) is 11.5. The molecule has 0 amide bonds. The van der Waals surface area contributed by atoms with E-state index in [0.29, 0.717) is 12.2 Å². The number of carbonyl (C=O) groups is 3. The molecule has 0 bridgehead atoms. The van der Waals surface area contributed by atoms with Crippen molar-refractivity contribution in [2.24, 2.45) is 0 Å². The molecule has 0 saturated heterocycles. The first-order chi connectivity index (χ1) is 18.7. The lowest BCUT2D eigenvalue weighted by molar-refractivity contribution is -0.217. The molecule has 0 aromatic heterocycles. The van der Waals surface area contributed by atoms with Crippen LogP contribution in [0.5, 0.6) is 23.0 Å². The third-order valence-corrected chi connectivity index (χ3v) is 5.61. The first-order valence-electron chi connectivity index (χ1n) is 11.5. The van der Waals surface area contributed by atoms with Gasteiger partial charge in [-0.05, 0) is 78.2 Å². The predicted octanol–water partition coefficient (Wildman–Crippen LogP) is 4.81. The second-order valence-electron chi connectivity index (χ2n) is 8.38. The van der Waals surface area contributed by atoms with Crippen LogP contribution in [-0.4, -0.2) is 38.3 Å². The fourth-order valence-corrected chi connectivity index (χ4v) is 3.69. The van der Waals surface area contributed by atoms with Gasteiger partial charge >= 0.3 is 17.9 Å². The minimum Gasteiger partial charge on any atom is -0.508 e. The maximum atomic E-state index is 12.5. The summed E-state index contributed by atoms with van der Waals surface area (Å²) in [5.74, 6) is -3.10. The van der Waals surface area contributed by atoms with Crippen LogP contribution in [0.25, 0.3) is 0 Å². The Hall–Kier alpha value is -5.35. The average molecular weight is 530 g/mol. The molecule has 0 heterocycles. The van der Waals surface area contributed by atoms with Crippen LogP contribution in [0, 0.1) is 0 Å². The van der Waals surface area contributed by atoms with Crippen molar-refractivity contribution >= 4 is 17.9 Å². The Bertz CT molecular complexity index is 1510. The van der Waals surface area contributed by atoms with Gasteiger partial charge in [-0.15, -0.1) is 0 Å². The number of carboxylic acid groups (broad SMARTS) is 2. The highest BCUT2D eigenvalue weighted by atomic mass is 17.2. The SMILES string of the molecule is O=C(O)c1ccc(O)cc1COOc1ccc(Cc2ccc(OC(=O)c3cc(O)ccc3C(=O)O)cc2)cc1. The lowest BCUT2D eigenvalue weighted by Gasteiger charge is -2.09. The first kappa shape index (κ1) is 26.7. The topological polar surface area (TPSA) is 160 Å². The Labute approximate surface area is 221 Å². The van der Waals surface area contributed by atoms with Gasteiger partial charge in [-0.3, -0.25) is 0 Å². The molecule has 39 heavy (non-hydrogen) atoms. The van der Waals surface area contributed by atoms with Crippen molar-refractivity contribution in [1.29, 1.82) is 0 Å². The van der Waals surface area contributed by atoms with Crippen molar-refractivity contribution in [2.45, 2.75) is 13.0 Å². The molecule has 0 spiro atoms. The van der Waals surface area contributed by atoms with Gasteiger partial charge in [0.1, 0.15) is 23.9 Å². The maximum Gasteiger partial charge on any atom is 0.344 e. The zero-order valence-corrected chi connectivity index (χ0v) is 20.2. The molecule has 4 rings (SSSR count). The van der Waals surface area contributed by atoms with Gasteiger partial charge in [-0.25, -0.2) is 14.4 Å². The van der Waals surface area contributed by atoms with Crippen molar-refractivity contribution in [3.05, 3.63) is 118 Å². The van der Waals surface area contributed by atoms with Crippen LogP contribution in [0.1, 0.15) is 47.8 Å². The van der Waals surface area contributed by atoms with Crippen LogP contribution >= 0.6 is 0 Å². The minimum absolute atomic E-state index is 0.00286. The highest BCUT2D eigenvalue weighted by Crippen LogP contribution is 2.23. The highest BCUT2D eigenvalue weighted by molar-refractivity contribution is 6.03. The van der Waals surface area contributed by atoms with Crippen molar-refractivity contribution in [2.75, 3.05) is 0 Å². The fraction of sp³-hybridized carbons (Fsp3) is 0.0690. The summed E-state index contributed by atoms with van der Waals surface area (Å²) in [6, 6.07) is 20.9. The van der Waals surface area contributed by atoms with Crippen LogP contribution in [0.4, 0.5) is 0 Å². The smallest absolute Gasteiger partial charge is 0.344 e. The van der Waals surface area contributed by atoms with Crippen LogP contribution in [0.3, 0.4) is 0 Å². The molecular formula is C29H22O10. The molecule has 0 aliphatic carbocycles. The van der Waals surface area contributed by atoms with Gasteiger partial charge in [0, 0.05) is 5.56 Å². The number of carboxylic acids is 2. The van der Waals surface area contributed by atoms with Gasteiger partial charge in [0.25, 0.3) is 0 Å². The van der Waals surface area contributed by atoms with Gasteiger partial charge in [0.05, 0.1) is 16.7 Å². The lowest BCUT2D eigenvalue weighted by atomic mass is 10.0. The molecule has 0 aliphatic rings. The number of phenols is 2. The molecule has 4 aromatic rings. The number of carbonyl (C=O) groups excluding carboxylic acids is 1. The van der Waals surface area contributed by atoms with E-state index >= 15 is 0 Å².